The van der Waals surface area contributed by atoms with Crippen molar-refractivity contribution in [2.75, 3.05) is 0 Å². The topological polar surface area (TPSA) is 164 Å². The summed E-state index contributed by atoms with van der Waals surface area (Å²) in [6, 6.07) is 23.5. The maximum atomic E-state index is 14.8. The van der Waals surface area contributed by atoms with E-state index in [1.807, 2.05) is 65.8 Å². The van der Waals surface area contributed by atoms with Gasteiger partial charge in [-0.1, -0.05) is 213 Å². The van der Waals surface area contributed by atoms with Gasteiger partial charge in [0.15, 0.2) is 0 Å². The first-order chi connectivity index (χ1) is 39.4. The Labute approximate surface area is 512 Å². The van der Waals surface area contributed by atoms with Gasteiger partial charge in [-0.25, -0.2) is 9.59 Å². The van der Waals surface area contributed by atoms with Gasteiger partial charge in [-0.2, -0.15) is 0 Å². The predicted octanol–water partition coefficient (Wildman–Crippen LogP) is 18.1. The lowest BCUT2D eigenvalue weighted by Crippen LogP contribution is -2.28. The van der Waals surface area contributed by atoms with Crippen LogP contribution >= 0.6 is 0 Å². The molecule has 9 rings (SSSR count). The number of aliphatic imine (C=N–C) groups is 2. The Kier molecular flexibility index (Phi) is 15.7. The van der Waals surface area contributed by atoms with Crippen LogP contribution in [0.5, 0.6) is 34.5 Å². The fourth-order valence-corrected chi connectivity index (χ4v) is 12.5. The van der Waals surface area contributed by atoms with Crippen LogP contribution in [0.3, 0.4) is 0 Å². The number of carboxylic acid groups (broad SMARTS) is 2. The lowest BCUT2D eigenvalue weighted by Gasteiger charge is -2.39. The van der Waals surface area contributed by atoms with E-state index in [1.165, 1.54) is 0 Å². The van der Waals surface area contributed by atoms with Gasteiger partial charge < -0.3 is 29.9 Å². The van der Waals surface area contributed by atoms with Gasteiger partial charge in [-0.15, -0.1) is 0 Å². The fourth-order valence-electron chi connectivity index (χ4n) is 12.5. The van der Waals surface area contributed by atoms with Gasteiger partial charge in [0.05, 0.1) is 12.1 Å². The number of hydrogen-bond donors (Lipinski definition) is 2. The molecule has 10 nitrogen and oxygen atoms in total. The lowest BCUT2D eigenvalue weighted by atomic mass is 9.70. The van der Waals surface area contributed by atoms with Crippen LogP contribution in [0.4, 0.5) is 0 Å². The SMILES string of the molecule is CC(C)(C)c1cc(C(=O)O)c2c(c1)C(C)(C)c1cc(C(C)(C)C)cc(-c3cc(C=N[C@@H]4CCCC[C@H]4N=Cc4cc(-c5cc(C(C)(C)C)cc6c5Oc5c(C(=O)O)cc(C(C)(C)C)cc5C6(C)C)cc(C(C)(C)C)c4[O-])c([O-])c(C(C)(C)C)c3)c1O2. The van der Waals surface area contributed by atoms with Crippen LogP contribution in [0, 0.1) is 0 Å². The Hall–Kier alpha value is -7.20. The molecule has 6 aromatic carbocycles. The molecule has 2 atom stereocenters. The molecule has 0 unspecified atom stereocenters. The number of aromatic carboxylic acids is 2. The normalized spacial score (nSPS) is 17.8. The van der Waals surface area contributed by atoms with Crippen LogP contribution in [-0.4, -0.2) is 46.7 Å². The van der Waals surface area contributed by atoms with E-state index in [2.05, 4.69) is 147 Å². The molecule has 0 aromatic heterocycles. The van der Waals surface area contributed by atoms with E-state index in [4.69, 9.17) is 19.5 Å². The average molecular weight is 1160 g/mol. The minimum absolute atomic E-state index is 0.107. The number of benzene rings is 6. The smallest absolute Gasteiger partial charge is 0.339 e. The number of hydrogen-bond acceptors (Lipinski definition) is 8. The van der Waals surface area contributed by atoms with Crippen LogP contribution in [0.2, 0.25) is 0 Å². The molecule has 0 spiro atoms. The number of carbonyl (C=O) groups is 2. The van der Waals surface area contributed by atoms with Crippen molar-refractivity contribution in [1.29, 1.82) is 0 Å². The van der Waals surface area contributed by atoms with E-state index in [-0.39, 0.29) is 56.4 Å². The highest BCUT2D eigenvalue weighted by molar-refractivity contribution is 5.96. The van der Waals surface area contributed by atoms with Gasteiger partial charge in [0, 0.05) is 56.6 Å². The van der Waals surface area contributed by atoms with Crippen LogP contribution < -0.4 is 19.7 Å². The maximum absolute atomic E-state index is 14.8. The van der Waals surface area contributed by atoms with Crippen molar-refractivity contribution >= 4 is 24.4 Å². The monoisotopic (exact) mass is 1160 g/mol. The Balaban J connectivity index is 1.15. The van der Waals surface area contributed by atoms with Crippen molar-refractivity contribution < 1.29 is 39.5 Å². The molecule has 0 amide bonds. The van der Waals surface area contributed by atoms with Gasteiger partial charge in [0.1, 0.15) is 34.1 Å². The Morgan fingerprint density at radius 1 is 0.442 bits per heavy atom. The largest absolute Gasteiger partial charge is 0.872 e. The molecule has 6 aromatic rings. The molecule has 10 heteroatoms. The third-order valence-corrected chi connectivity index (χ3v) is 18.4. The summed E-state index contributed by atoms with van der Waals surface area (Å²) in [6.45, 7) is 46.3. The molecular formula is C76H92N2O8-2. The molecule has 1 saturated carbocycles. The molecule has 2 aliphatic heterocycles. The van der Waals surface area contributed by atoms with E-state index in [1.54, 1.807) is 24.6 Å². The van der Waals surface area contributed by atoms with Crippen molar-refractivity contribution in [2.24, 2.45) is 9.98 Å². The summed E-state index contributed by atoms with van der Waals surface area (Å²) in [4.78, 5) is 36.8. The van der Waals surface area contributed by atoms with E-state index >= 15 is 0 Å². The van der Waals surface area contributed by atoms with Crippen LogP contribution in [-0.2, 0) is 43.3 Å². The predicted molar refractivity (Wildman–Crippen MR) is 347 cm³/mol. The summed E-state index contributed by atoms with van der Waals surface area (Å²) in [5, 5.41) is 51.2. The number of rotatable bonds is 8. The molecule has 456 valence electrons. The van der Waals surface area contributed by atoms with E-state index in [0.29, 0.717) is 45.3 Å². The molecular weight excluding hydrogens is 1070 g/mol. The van der Waals surface area contributed by atoms with E-state index in [9.17, 15) is 30.0 Å². The average Bonchev–Trinajstić information content (AvgIpc) is 0.748. The Bertz CT molecular complexity index is 3560. The highest BCUT2D eigenvalue weighted by Crippen LogP contribution is 2.57. The first-order valence-electron chi connectivity index (χ1n) is 30.8. The number of ether oxygens (including phenoxy) is 2. The van der Waals surface area contributed by atoms with E-state index in [0.717, 1.165) is 92.4 Å². The van der Waals surface area contributed by atoms with Gasteiger partial charge in [-0.3, -0.25) is 9.98 Å². The first-order valence-corrected chi connectivity index (χ1v) is 30.8. The second-order valence-electron chi connectivity index (χ2n) is 32.0. The van der Waals surface area contributed by atoms with Crippen molar-refractivity contribution in [2.45, 2.75) is 233 Å². The number of nitrogens with zero attached hydrogens (tertiary/aromatic N) is 2. The zero-order chi connectivity index (χ0) is 63.7. The summed E-state index contributed by atoms with van der Waals surface area (Å²) in [5.74, 6) is -0.607. The van der Waals surface area contributed by atoms with Crippen molar-refractivity contribution in [3.63, 3.8) is 0 Å². The Morgan fingerprint density at radius 3 is 1.01 bits per heavy atom. The van der Waals surface area contributed by atoms with E-state index < -0.39 is 33.6 Å². The zero-order valence-electron chi connectivity index (χ0n) is 55.3. The molecule has 0 saturated heterocycles. The van der Waals surface area contributed by atoms with Crippen molar-refractivity contribution in [1.82, 2.24) is 0 Å². The second-order valence-corrected chi connectivity index (χ2v) is 32.0. The van der Waals surface area contributed by atoms with Crippen LogP contribution in [0.1, 0.15) is 265 Å². The number of carboxylic acids is 2. The molecule has 2 heterocycles. The standard InChI is InChI=1S/C76H94N2O8/c1-69(2,3)45-31-49(63-55(35-45)75(19,20)57-37-47(71(7,8)9)33-51(67(81)82)65(57)85-63)41-27-43(61(79)53(29-41)73(13,14)15)39-77-59-25-23-24-26-60(59)78-40-44-28-42(30-54(62(44)80)74(16,17)18)50-32-46(70(4,5)6)36-56-64(50)86-66-52(68(83)84)34-48(72(10,11)12)38-58(66)76(56,21)22/h27-40,59-60,79-80H,23-26H2,1-22H3,(H,81,82)(H,83,84)/p-2/t59-,60-/m1/s1. The van der Waals surface area contributed by atoms with Gasteiger partial charge in [0.2, 0.25) is 0 Å². The summed E-state index contributed by atoms with van der Waals surface area (Å²) < 4.78 is 13.9. The molecule has 0 bridgehead atoms. The quantitative estimate of drug-likeness (QED) is 0.142. The molecule has 86 heavy (non-hydrogen) atoms. The minimum Gasteiger partial charge on any atom is -0.872 e. The number of fused-ring (bicyclic) bond motifs is 4. The summed E-state index contributed by atoms with van der Waals surface area (Å²) >= 11 is 0. The highest BCUT2D eigenvalue weighted by Gasteiger charge is 2.43. The molecule has 0 radical (unpaired) electrons. The minimum atomic E-state index is -1.06. The van der Waals surface area contributed by atoms with Gasteiger partial charge in [-0.05, 0) is 137 Å². The molecule has 1 aliphatic carbocycles. The Morgan fingerprint density at radius 2 is 0.733 bits per heavy atom. The third-order valence-electron chi connectivity index (χ3n) is 18.4. The summed E-state index contributed by atoms with van der Waals surface area (Å²) in [7, 11) is 0. The second kappa shape index (κ2) is 21.3. The summed E-state index contributed by atoms with van der Waals surface area (Å²) in [6.07, 6.45) is 6.76. The van der Waals surface area contributed by atoms with Gasteiger partial charge in [0.25, 0.3) is 0 Å². The van der Waals surface area contributed by atoms with Gasteiger partial charge >= 0.3 is 11.9 Å². The maximum Gasteiger partial charge on any atom is 0.339 e. The molecule has 2 N–H and O–H groups in total. The fraction of sp³-hybridized carbons (Fsp3) is 0.474. The molecule has 3 aliphatic rings. The summed E-state index contributed by atoms with van der Waals surface area (Å²) in [5.41, 5.74) is 9.15. The van der Waals surface area contributed by atoms with Crippen LogP contribution in [0.25, 0.3) is 22.3 Å². The highest BCUT2D eigenvalue weighted by atomic mass is 16.5. The zero-order valence-corrected chi connectivity index (χ0v) is 55.3. The van der Waals surface area contributed by atoms with Crippen molar-refractivity contribution in [3.05, 3.63) is 151 Å². The first kappa shape index (κ1) is 63.3. The van der Waals surface area contributed by atoms with Crippen molar-refractivity contribution in [3.8, 4) is 56.8 Å². The van der Waals surface area contributed by atoms with Crippen LogP contribution in [0.15, 0.2) is 82.8 Å². The molecule has 1 fully saturated rings. The lowest BCUT2D eigenvalue weighted by molar-refractivity contribution is -0.270. The third kappa shape index (κ3) is 11.7.